The number of ketones is 3. The minimum atomic E-state index is -1.00. The van der Waals surface area contributed by atoms with E-state index in [2.05, 4.69) is 9.78 Å². The van der Waals surface area contributed by atoms with E-state index >= 15 is 0 Å². The monoisotopic (exact) mass is 698 g/mol. The van der Waals surface area contributed by atoms with E-state index in [9.17, 15) is 19.2 Å². The highest BCUT2D eigenvalue weighted by molar-refractivity contribution is 6.07. The molecule has 0 aliphatic carbocycles. The van der Waals surface area contributed by atoms with Crippen LogP contribution in [0.4, 0.5) is 0 Å². The molecule has 0 unspecified atom stereocenters. The van der Waals surface area contributed by atoms with E-state index in [-0.39, 0.29) is 36.1 Å². The summed E-state index contributed by atoms with van der Waals surface area (Å²) in [5, 5.41) is 25.3. The zero-order valence-electron chi connectivity index (χ0n) is 28.4. The zero-order chi connectivity index (χ0) is 37.6. The number of aromatic carboxylic acids is 1. The van der Waals surface area contributed by atoms with Crippen molar-refractivity contribution in [1.82, 2.24) is 0 Å². The van der Waals surface area contributed by atoms with Gasteiger partial charge in [-0.15, -0.1) is 0 Å². The van der Waals surface area contributed by atoms with Crippen molar-refractivity contribution in [3.63, 3.8) is 0 Å². The molecule has 0 amide bonds. The standard InChI is InChI=1S/C16H12O3.C16H14O3.C11H12O3/c17-15(11-6-12-4-2-1-3-5-12)13-7-9-14(10-8-13)16(18)19;17-16(15-4-2-1-3-5-15)11-10-13-6-8-14(9-7-13)12-19-18;1-9(12)2-3-10-4-6-11(7-5-10)8-14-13/h1-11H,(H,18,19);1-11,18H,12H2;2-7,13H,8H2,1H3/b11-6+;11-10+;3-2+. The highest BCUT2D eigenvalue weighted by atomic mass is 17.1. The molecule has 0 saturated carbocycles. The number of carboxylic acids is 1. The molecule has 3 N–H and O–H groups in total. The van der Waals surface area contributed by atoms with Gasteiger partial charge in [-0.25, -0.2) is 14.6 Å². The van der Waals surface area contributed by atoms with E-state index in [1.165, 1.54) is 43.3 Å². The maximum Gasteiger partial charge on any atom is 0.335 e. The maximum absolute atomic E-state index is 11.9. The van der Waals surface area contributed by atoms with Gasteiger partial charge in [0, 0.05) is 11.1 Å². The van der Waals surface area contributed by atoms with E-state index in [1.807, 2.05) is 97.1 Å². The summed E-state index contributed by atoms with van der Waals surface area (Å²) in [5.74, 6) is -1.16. The Hall–Kier alpha value is -6.36. The highest BCUT2D eigenvalue weighted by Crippen LogP contribution is 2.10. The minimum absolute atomic E-state index is 0.0211. The first-order valence-electron chi connectivity index (χ1n) is 16.0. The van der Waals surface area contributed by atoms with Crippen molar-refractivity contribution in [2.24, 2.45) is 0 Å². The third kappa shape index (κ3) is 15.0. The third-order valence-electron chi connectivity index (χ3n) is 7.06. The fraction of sp³-hybridized carbons (Fsp3) is 0.0698. The number of carbonyl (C=O) groups is 4. The molecule has 9 heteroatoms. The Kier molecular flexibility index (Phi) is 17.2. The molecule has 5 rings (SSSR count). The SMILES string of the molecule is CC(=O)/C=C/c1ccc(COO)cc1.O=C(/C=C/c1ccc(COO)cc1)c1ccccc1.O=C(O)c1ccc(C(=O)/C=C/c2ccccc2)cc1. The number of rotatable bonds is 13. The molecule has 0 atom stereocenters. The van der Waals surface area contributed by atoms with Gasteiger partial charge in [-0.2, -0.15) is 0 Å². The van der Waals surface area contributed by atoms with Gasteiger partial charge in [-0.3, -0.25) is 24.9 Å². The molecule has 9 nitrogen and oxygen atoms in total. The molecule has 0 aromatic heterocycles. The maximum atomic E-state index is 11.9. The average molecular weight is 699 g/mol. The van der Waals surface area contributed by atoms with Crippen LogP contribution in [-0.4, -0.2) is 38.9 Å². The Morgan fingerprint density at radius 2 is 0.846 bits per heavy atom. The van der Waals surface area contributed by atoms with Crippen molar-refractivity contribution < 1.29 is 44.6 Å². The number of hydrogen-bond acceptors (Lipinski definition) is 8. The second-order valence-electron chi connectivity index (χ2n) is 11.0. The van der Waals surface area contributed by atoms with Gasteiger partial charge >= 0.3 is 5.97 Å². The number of hydrogen-bond donors (Lipinski definition) is 3. The molecular weight excluding hydrogens is 660 g/mol. The molecule has 5 aromatic rings. The van der Waals surface area contributed by atoms with Crippen LogP contribution in [-0.2, 0) is 27.8 Å². The van der Waals surface area contributed by atoms with Crippen LogP contribution in [0.3, 0.4) is 0 Å². The molecule has 0 spiro atoms. The topological polar surface area (TPSA) is 147 Å². The van der Waals surface area contributed by atoms with Crippen LogP contribution in [0.25, 0.3) is 18.2 Å². The van der Waals surface area contributed by atoms with Gasteiger partial charge in [0.15, 0.2) is 17.3 Å². The first-order chi connectivity index (χ1) is 25.2. The van der Waals surface area contributed by atoms with Crippen molar-refractivity contribution in [2.75, 3.05) is 0 Å². The van der Waals surface area contributed by atoms with Crippen LogP contribution in [0.15, 0.2) is 152 Å². The lowest BCUT2D eigenvalue weighted by Crippen LogP contribution is -1.98. The Balaban J connectivity index is 0.000000213. The van der Waals surface area contributed by atoms with Crippen molar-refractivity contribution in [1.29, 1.82) is 0 Å². The van der Waals surface area contributed by atoms with Crippen LogP contribution >= 0.6 is 0 Å². The number of carbonyl (C=O) groups excluding carboxylic acids is 3. The largest absolute Gasteiger partial charge is 0.478 e. The molecule has 5 aromatic carbocycles. The minimum Gasteiger partial charge on any atom is -0.478 e. The van der Waals surface area contributed by atoms with Crippen LogP contribution in [0.2, 0.25) is 0 Å². The van der Waals surface area contributed by atoms with Crippen LogP contribution in [0.1, 0.15) is 65.8 Å². The van der Waals surface area contributed by atoms with Crippen molar-refractivity contribution >= 4 is 41.5 Å². The summed E-state index contributed by atoms with van der Waals surface area (Å²) < 4.78 is 0. The Bertz CT molecular complexity index is 1940. The van der Waals surface area contributed by atoms with Gasteiger partial charge < -0.3 is 5.11 Å². The number of benzene rings is 5. The van der Waals surface area contributed by atoms with Crippen molar-refractivity contribution in [2.45, 2.75) is 20.1 Å². The van der Waals surface area contributed by atoms with E-state index in [1.54, 1.807) is 36.4 Å². The number of carboxylic acid groups (broad SMARTS) is 1. The normalized spacial score (nSPS) is 10.7. The van der Waals surface area contributed by atoms with Gasteiger partial charge in [-0.1, -0.05) is 140 Å². The smallest absolute Gasteiger partial charge is 0.335 e. The summed E-state index contributed by atoms with van der Waals surface area (Å²) in [4.78, 5) is 53.1. The molecule has 52 heavy (non-hydrogen) atoms. The lowest BCUT2D eigenvalue weighted by atomic mass is 10.1. The second kappa shape index (κ2) is 22.4. The zero-order valence-corrected chi connectivity index (χ0v) is 28.4. The van der Waals surface area contributed by atoms with Crippen LogP contribution in [0.5, 0.6) is 0 Å². The molecular formula is C43H38O9. The van der Waals surface area contributed by atoms with Crippen LogP contribution in [0, 0.1) is 0 Å². The van der Waals surface area contributed by atoms with Crippen LogP contribution < -0.4 is 0 Å². The first-order valence-corrected chi connectivity index (χ1v) is 16.0. The third-order valence-corrected chi connectivity index (χ3v) is 7.06. The summed E-state index contributed by atoms with van der Waals surface area (Å²) in [5.41, 5.74) is 5.87. The summed E-state index contributed by atoms with van der Waals surface area (Å²) in [6, 6.07) is 39.3. The fourth-order valence-corrected chi connectivity index (χ4v) is 4.29. The van der Waals surface area contributed by atoms with Gasteiger partial charge in [0.05, 0.1) is 5.56 Å². The molecule has 0 aliphatic rings. The first kappa shape index (κ1) is 40.1. The van der Waals surface area contributed by atoms with Gasteiger partial charge in [0.25, 0.3) is 0 Å². The molecule has 0 bridgehead atoms. The Labute approximate surface area is 301 Å². The van der Waals surface area contributed by atoms with Gasteiger partial charge in [0.1, 0.15) is 13.2 Å². The lowest BCUT2D eigenvalue weighted by Gasteiger charge is -1.99. The molecule has 0 saturated heterocycles. The van der Waals surface area contributed by atoms with E-state index < -0.39 is 5.97 Å². The summed E-state index contributed by atoms with van der Waals surface area (Å²) in [6.07, 6.45) is 9.77. The van der Waals surface area contributed by atoms with E-state index in [0.29, 0.717) is 11.1 Å². The predicted molar refractivity (Wildman–Crippen MR) is 200 cm³/mol. The summed E-state index contributed by atoms with van der Waals surface area (Å²) >= 11 is 0. The molecule has 0 heterocycles. The predicted octanol–water partition coefficient (Wildman–Crippen LogP) is 9.13. The molecule has 0 fully saturated rings. The van der Waals surface area contributed by atoms with Gasteiger partial charge in [-0.05, 0) is 65.1 Å². The lowest BCUT2D eigenvalue weighted by molar-refractivity contribution is -0.253. The van der Waals surface area contributed by atoms with E-state index in [0.717, 1.165) is 27.8 Å². The van der Waals surface area contributed by atoms with Gasteiger partial charge in [0.2, 0.25) is 0 Å². The van der Waals surface area contributed by atoms with Crippen molar-refractivity contribution in [3.8, 4) is 0 Å². The molecule has 264 valence electrons. The summed E-state index contributed by atoms with van der Waals surface area (Å²) in [6.45, 7) is 1.84. The molecule has 0 aliphatic heterocycles. The second-order valence-corrected chi connectivity index (χ2v) is 11.0. The fourth-order valence-electron chi connectivity index (χ4n) is 4.29. The number of allylic oxidation sites excluding steroid dienone is 3. The quantitative estimate of drug-likeness (QED) is 0.0474. The van der Waals surface area contributed by atoms with E-state index in [4.69, 9.17) is 15.6 Å². The summed E-state index contributed by atoms with van der Waals surface area (Å²) in [7, 11) is 0. The molecule has 0 radical (unpaired) electrons. The highest BCUT2D eigenvalue weighted by Gasteiger charge is 2.05. The Morgan fingerprint density at radius 1 is 0.481 bits per heavy atom. The van der Waals surface area contributed by atoms with Crippen molar-refractivity contribution in [3.05, 3.63) is 196 Å². The Morgan fingerprint density at radius 3 is 1.25 bits per heavy atom. The average Bonchev–Trinajstić information content (AvgIpc) is 3.18.